The summed E-state index contributed by atoms with van der Waals surface area (Å²) in [5.41, 5.74) is -1.02. The Balaban J connectivity index is 2.91. The lowest BCUT2D eigenvalue weighted by atomic mass is 10.1. The third kappa shape index (κ3) is 3.58. The minimum absolute atomic E-state index is 0.127. The highest BCUT2D eigenvalue weighted by Crippen LogP contribution is 2.29. The number of rotatable bonds is 3. The molecule has 0 aromatic heterocycles. The van der Waals surface area contributed by atoms with Crippen LogP contribution >= 0.6 is 0 Å². The van der Waals surface area contributed by atoms with E-state index in [2.05, 4.69) is 5.32 Å². The van der Waals surface area contributed by atoms with Crippen molar-refractivity contribution in [2.45, 2.75) is 26.1 Å². The maximum atomic E-state index is 12.4. The van der Waals surface area contributed by atoms with Crippen molar-refractivity contribution in [3.05, 3.63) is 35.4 Å². The molecule has 0 aliphatic heterocycles. The highest BCUT2D eigenvalue weighted by Gasteiger charge is 2.31. The summed E-state index contributed by atoms with van der Waals surface area (Å²) in [6.07, 6.45) is -4.50. The number of carbonyl (C=O) groups is 2. The molecule has 98 valence electrons. The van der Waals surface area contributed by atoms with Crippen LogP contribution in [0.25, 0.3) is 0 Å². The number of hydrogen-bond donors (Lipinski definition) is 1. The van der Waals surface area contributed by atoms with E-state index >= 15 is 0 Å². The third-order valence-corrected chi connectivity index (χ3v) is 2.41. The maximum Gasteiger partial charge on any atom is 0.416 e. The molecule has 0 radical (unpaired) electrons. The first kappa shape index (κ1) is 14.2. The van der Waals surface area contributed by atoms with Gasteiger partial charge in [-0.3, -0.25) is 9.59 Å². The van der Waals surface area contributed by atoms with Gasteiger partial charge in [0.05, 0.1) is 11.6 Å². The summed E-state index contributed by atoms with van der Waals surface area (Å²) in [5, 5.41) is 2.32. The minimum atomic E-state index is -4.50. The molecule has 1 N–H and O–H groups in total. The van der Waals surface area contributed by atoms with E-state index in [0.29, 0.717) is 0 Å². The number of hydrogen-bond acceptors (Lipinski definition) is 2. The number of carbonyl (C=O) groups excluding carboxylic acids is 2. The first-order valence-corrected chi connectivity index (χ1v) is 5.20. The van der Waals surface area contributed by atoms with Crippen molar-refractivity contribution < 1.29 is 22.8 Å². The SMILES string of the molecule is CC(=O)C(C)NC(=O)c1cccc(C(F)(F)F)c1. The van der Waals surface area contributed by atoms with E-state index in [4.69, 9.17) is 0 Å². The lowest BCUT2D eigenvalue weighted by molar-refractivity contribution is -0.137. The Morgan fingerprint density at radius 3 is 2.39 bits per heavy atom. The third-order valence-electron chi connectivity index (χ3n) is 2.41. The summed E-state index contributed by atoms with van der Waals surface area (Å²) in [6, 6.07) is 3.31. The van der Waals surface area contributed by atoms with Crippen molar-refractivity contribution in [1.29, 1.82) is 0 Å². The molecule has 1 atom stereocenters. The molecule has 0 aliphatic carbocycles. The topological polar surface area (TPSA) is 46.2 Å². The van der Waals surface area contributed by atoms with Gasteiger partial charge in [0.15, 0.2) is 5.78 Å². The van der Waals surface area contributed by atoms with Gasteiger partial charge in [0.2, 0.25) is 0 Å². The number of ketones is 1. The molecule has 0 saturated heterocycles. The molecule has 1 amide bonds. The number of alkyl halides is 3. The van der Waals surface area contributed by atoms with Gasteiger partial charge in [-0.1, -0.05) is 6.07 Å². The summed E-state index contributed by atoms with van der Waals surface area (Å²) in [4.78, 5) is 22.6. The predicted octanol–water partition coefficient (Wildman–Crippen LogP) is 2.41. The van der Waals surface area contributed by atoms with Gasteiger partial charge < -0.3 is 5.32 Å². The summed E-state index contributed by atoms with van der Waals surface area (Å²) < 4.78 is 37.3. The van der Waals surface area contributed by atoms with E-state index in [1.165, 1.54) is 19.9 Å². The van der Waals surface area contributed by atoms with Gasteiger partial charge in [-0.15, -0.1) is 0 Å². The Morgan fingerprint density at radius 2 is 1.89 bits per heavy atom. The van der Waals surface area contributed by atoms with Crippen LogP contribution in [0, 0.1) is 0 Å². The van der Waals surface area contributed by atoms with Gasteiger partial charge in [0, 0.05) is 5.56 Å². The standard InChI is InChI=1S/C12H12F3NO2/c1-7(8(2)17)16-11(18)9-4-3-5-10(6-9)12(13,14)15/h3-7H,1-2H3,(H,16,18). The van der Waals surface area contributed by atoms with E-state index in [1.807, 2.05) is 0 Å². The Morgan fingerprint density at radius 1 is 1.28 bits per heavy atom. The fraction of sp³-hybridized carbons (Fsp3) is 0.333. The Labute approximate surface area is 102 Å². The highest BCUT2D eigenvalue weighted by atomic mass is 19.4. The zero-order valence-corrected chi connectivity index (χ0v) is 9.84. The number of amides is 1. The smallest absolute Gasteiger partial charge is 0.343 e. The first-order valence-electron chi connectivity index (χ1n) is 5.20. The van der Waals surface area contributed by atoms with Crippen LogP contribution in [0.15, 0.2) is 24.3 Å². The van der Waals surface area contributed by atoms with Crippen LogP contribution in [0.1, 0.15) is 29.8 Å². The first-order chi connectivity index (χ1) is 8.21. The Kier molecular flexibility index (Phi) is 4.11. The molecular formula is C12H12F3NO2. The summed E-state index contributed by atoms with van der Waals surface area (Å²) >= 11 is 0. The fourth-order valence-electron chi connectivity index (χ4n) is 1.22. The number of benzene rings is 1. The molecule has 1 aromatic rings. The summed E-state index contributed by atoms with van der Waals surface area (Å²) in [6.45, 7) is 2.75. The molecule has 3 nitrogen and oxygen atoms in total. The van der Waals surface area contributed by atoms with Gasteiger partial charge in [-0.05, 0) is 32.0 Å². The zero-order valence-electron chi connectivity index (χ0n) is 9.84. The Hall–Kier alpha value is -1.85. The molecular weight excluding hydrogens is 247 g/mol. The molecule has 0 saturated carbocycles. The molecule has 18 heavy (non-hydrogen) atoms. The number of halogens is 3. The quantitative estimate of drug-likeness (QED) is 0.906. The van der Waals surface area contributed by atoms with Crippen molar-refractivity contribution in [3.8, 4) is 0 Å². The Bertz CT molecular complexity index is 469. The van der Waals surface area contributed by atoms with Crippen LogP contribution in [-0.4, -0.2) is 17.7 Å². The molecule has 1 unspecified atom stereocenters. The van der Waals surface area contributed by atoms with Crippen LogP contribution in [0.4, 0.5) is 13.2 Å². The van der Waals surface area contributed by atoms with Crippen LogP contribution in [0.3, 0.4) is 0 Å². The average molecular weight is 259 g/mol. The lowest BCUT2D eigenvalue weighted by Gasteiger charge is -2.12. The number of Topliss-reactive ketones (excluding diaryl/α,β-unsaturated/α-hetero) is 1. The van der Waals surface area contributed by atoms with Crippen LogP contribution in [-0.2, 0) is 11.0 Å². The maximum absolute atomic E-state index is 12.4. The van der Waals surface area contributed by atoms with E-state index in [9.17, 15) is 22.8 Å². The predicted molar refractivity (Wildman–Crippen MR) is 59.1 cm³/mol. The largest absolute Gasteiger partial charge is 0.416 e. The average Bonchev–Trinajstić information content (AvgIpc) is 2.27. The second-order valence-electron chi connectivity index (χ2n) is 3.88. The molecule has 6 heteroatoms. The molecule has 0 fully saturated rings. The van der Waals surface area contributed by atoms with Crippen molar-refractivity contribution in [2.75, 3.05) is 0 Å². The molecule has 0 spiro atoms. The van der Waals surface area contributed by atoms with Crippen molar-refractivity contribution in [1.82, 2.24) is 5.32 Å². The van der Waals surface area contributed by atoms with Gasteiger partial charge in [-0.25, -0.2) is 0 Å². The van der Waals surface area contributed by atoms with Crippen molar-refractivity contribution in [3.63, 3.8) is 0 Å². The monoisotopic (exact) mass is 259 g/mol. The van der Waals surface area contributed by atoms with E-state index in [0.717, 1.165) is 18.2 Å². The highest BCUT2D eigenvalue weighted by molar-refractivity contribution is 5.97. The second-order valence-corrected chi connectivity index (χ2v) is 3.88. The lowest BCUT2D eigenvalue weighted by Crippen LogP contribution is -2.37. The van der Waals surface area contributed by atoms with Crippen LogP contribution in [0.5, 0.6) is 0 Å². The summed E-state index contributed by atoms with van der Waals surface area (Å²) in [5.74, 6) is -0.973. The molecule has 1 aromatic carbocycles. The van der Waals surface area contributed by atoms with E-state index in [1.54, 1.807) is 0 Å². The molecule has 1 rings (SSSR count). The minimum Gasteiger partial charge on any atom is -0.343 e. The molecule has 0 heterocycles. The molecule has 0 bridgehead atoms. The van der Waals surface area contributed by atoms with Crippen molar-refractivity contribution in [2.24, 2.45) is 0 Å². The number of nitrogens with one attached hydrogen (secondary N) is 1. The van der Waals surface area contributed by atoms with Gasteiger partial charge in [-0.2, -0.15) is 13.2 Å². The van der Waals surface area contributed by atoms with E-state index < -0.39 is 23.7 Å². The molecule has 0 aliphatic rings. The van der Waals surface area contributed by atoms with E-state index in [-0.39, 0.29) is 11.3 Å². The zero-order chi connectivity index (χ0) is 13.9. The fourth-order valence-corrected chi connectivity index (χ4v) is 1.22. The van der Waals surface area contributed by atoms with Crippen molar-refractivity contribution >= 4 is 11.7 Å². The van der Waals surface area contributed by atoms with Gasteiger partial charge >= 0.3 is 6.18 Å². The normalized spacial score (nSPS) is 12.9. The summed E-state index contributed by atoms with van der Waals surface area (Å²) in [7, 11) is 0. The van der Waals surface area contributed by atoms with Gasteiger partial charge in [0.25, 0.3) is 5.91 Å². The van der Waals surface area contributed by atoms with Crippen LogP contribution in [0.2, 0.25) is 0 Å². The van der Waals surface area contributed by atoms with Crippen LogP contribution < -0.4 is 5.32 Å². The van der Waals surface area contributed by atoms with Gasteiger partial charge in [0.1, 0.15) is 0 Å². The second kappa shape index (κ2) is 5.20.